The van der Waals surface area contributed by atoms with Crippen LogP contribution >= 0.6 is 0 Å². The molecule has 15 heavy (non-hydrogen) atoms. The SMILES string of the molecule is C=C/C(=C\C=C(/C=C)NCCCC)CC. The molecular weight excluding hydrogens is 182 g/mol. The molecule has 0 heterocycles. The maximum absolute atomic E-state index is 3.78. The molecule has 0 aliphatic carbocycles. The quantitative estimate of drug-likeness (QED) is 0.467. The molecule has 0 spiro atoms. The summed E-state index contributed by atoms with van der Waals surface area (Å²) in [6.07, 6.45) is 11.3. The number of unbranched alkanes of at least 4 members (excludes halogenated alkanes) is 1. The summed E-state index contributed by atoms with van der Waals surface area (Å²) in [6, 6.07) is 0. The molecular formula is C14H23N. The van der Waals surface area contributed by atoms with Crippen LogP contribution in [0.2, 0.25) is 0 Å². The van der Waals surface area contributed by atoms with Crippen molar-refractivity contribution in [2.75, 3.05) is 6.54 Å². The third-order valence-electron chi connectivity index (χ3n) is 2.23. The Morgan fingerprint density at radius 1 is 1.13 bits per heavy atom. The molecule has 0 amide bonds. The summed E-state index contributed by atoms with van der Waals surface area (Å²) in [5, 5.41) is 3.34. The molecule has 0 aromatic rings. The maximum atomic E-state index is 3.78. The predicted molar refractivity (Wildman–Crippen MR) is 69.8 cm³/mol. The van der Waals surface area contributed by atoms with Crippen LogP contribution in [0.25, 0.3) is 0 Å². The van der Waals surface area contributed by atoms with Gasteiger partial charge in [0.15, 0.2) is 0 Å². The summed E-state index contributed by atoms with van der Waals surface area (Å²) in [6.45, 7) is 12.9. The summed E-state index contributed by atoms with van der Waals surface area (Å²) in [4.78, 5) is 0. The largest absolute Gasteiger partial charge is 0.385 e. The highest BCUT2D eigenvalue weighted by Gasteiger charge is 1.89. The van der Waals surface area contributed by atoms with Crippen molar-refractivity contribution in [3.05, 3.63) is 48.7 Å². The summed E-state index contributed by atoms with van der Waals surface area (Å²) < 4.78 is 0. The maximum Gasteiger partial charge on any atom is 0.0334 e. The van der Waals surface area contributed by atoms with Gasteiger partial charge >= 0.3 is 0 Å². The van der Waals surface area contributed by atoms with Gasteiger partial charge in [-0.25, -0.2) is 0 Å². The van der Waals surface area contributed by atoms with Crippen LogP contribution in [0.1, 0.15) is 33.1 Å². The van der Waals surface area contributed by atoms with Crippen molar-refractivity contribution >= 4 is 0 Å². The van der Waals surface area contributed by atoms with Crippen LogP contribution in [-0.4, -0.2) is 6.54 Å². The standard InChI is InChI=1S/C14H23N/c1-5-9-12-15-14(8-4)11-10-13(6-2)7-3/h6,8,10-11,15H,2,4-5,7,9,12H2,1,3H3/b13-10+,14-11+. The lowest BCUT2D eigenvalue weighted by Crippen LogP contribution is -2.12. The number of rotatable bonds is 8. The Morgan fingerprint density at radius 3 is 2.33 bits per heavy atom. The first kappa shape index (κ1) is 13.8. The van der Waals surface area contributed by atoms with Gasteiger partial charge in [0.2, 0.25) is 0 Å². The van der Waals surface area contributed by atoms with Gasteiger partial charge in [-0.3, -0.25) is 0 Å². The van der Waals surface area contributed by atoms with Crippen molar-refractivity contribution in [3.8, 4) is 0 Å². The molecule has 1 heteroatoms. The lowest BCUT2D eigenvalue weighted by atomic mass is 10.2. The van der Waals surface area contributed by atoms with Gasteiger partial charge in [0.05, 0.1) is 0 Å². The zero-order valence-corrected chi connectivity index (χ0v) is 10.1. The van der Waals surface area contributed by atoms with E-state index in [1.165, 1.54) is 18.4 Å². The number of hydrogen-bond donors (Lipinski definition) is 1. The minimum Gasteiger partial charge on any atom is -0.385 e. The topological polar surface area (TPSA) is 12.0 Å². The van der Waals surface area contributed by atoms with E-state index < -0.39 is 0 Å². The Balaban J connectivity index is 4.25. The second-order valence-electron chi connectivity index (χ2n) is 3.41. The monoisotopic (exact) mass is 205 g/mol. The molecule has 0 aliphatic rings. The van der Waals surface area contributed by atoms with Crippen LogP contribution < -0.4 is 5.32 Å². The highest BCUT2D eigenvalue weighted by Crippen LogP contribution is 2.03. The summed E-state index contributed by atoms with van der Waals surface area (Å²) >= 11 is 0. The van der Waals surface area contributed by atoms with Crippen molar-refractivity contribution < 1.29 is 0 Å². The zero-order chi connectivity index (χ0) is 11.5. The zero-order valence-electron chi connectivity index (χ0n) is 10.1. The van der Waals surface area contributed by atoms with Gasteiger partial charge in [0, 0.05) is 12.2 Å². The first-order valence-corrected chi connectivity index (χ1v) is 5.68. The number of hydrogen-bond acceptors (Lipinski definition) is 1. The Labute approximate surface area is 94.3 Å². The fourth-order valence-electron chi connectivity index (χ4n) is 1.14. The second-order valence-corrected chi connectivity index (χ2v) is 3.41. The van der Waals surface area contributed by atoms with E-state index in [2.05, 4.69) is 44.5 Å². The fraction of sp³-hybridized carbons (Fsp3) is 0.429. The summed E-state index contributed by atoms with van der Waals surface area (Å²) in [7, 11) is 0. The molecule has 0 atom stereocenters. The molecule has 0 aromatic carbocycles. The predicted octanol–water partition coefficient (Wildman–Crippen LogP) is 3.97. The minimum absolute atomic E-state index is 1.01. The molecule has 0 rings (SSSR count). The third-order valence-corrected chi connectivity index (χ3v) is 2.23. The molecule has 0 aliphatic heterocycles. The van der Waals surface area contributed by atoms with Crippen LogP contribution in [0.5, 0.6) is 0 Å². The van der Waals surface area contributed by atoms with E-state index in [-0.39, 0.29) is 0 Å². The van der Waals surface area contributed by atoms with E-state index in [0.29, 0.717) is 0 Å². The van der Waals surface area contributed by atoms with Crippen LogP contribution in [0.3, 0.4) is 0 Å². The summed E-state index contributed by atoms with van der Waals surface area (Å²) in [5.74, 6) is 0. The van der Waals surface area contributed by atoms with E-state index in [4.69, 9.17) is 0 Å². The van der Waals surface area contributed by atoms with E-state index in [1.807, 2.05) is 12.2 Å². The lowest BCUT2D eigenvalue weighted by molar-refractivity contribution is 0.720. The third kappa shape index (κ3) is 6.78. The van der Waals surface area contributed by atoms with Gasteiger partial charge < -0.3 is 5.32 Å². The molecule has 84 valence electrons. The Hall–Kier alpha value is -1.24. The average molecular weight is 205 g/mol. The molecule has 0 bridgehead atoms. The smallest absolute Gasteiger partial charge is 0.0334 e. The molecule has 0 fully saturated rings. The first-order chi connectivity index (χ1) is 7.28. The highest BCUT2D eigenvalue weighted by molar-refractivity contribution is 5.27. The Morgan fingerprint density at radius 2 is 1.87 bits per heavy atom. The van der Waals surface area contributed by atoms with Crippen LogP contribution in [-0.2, 0) is 0 Å². The number of allylic oxidation sites excluding steroid dienone is 5. The van der Waals surface area contributed by atoms with Gasteiger partial charge in [-0.2, -0.15) is 0 Å². The first-order valence-electron chi connectivity index (χ1n) is 5.68. The van der Waals surface area contributed by atoms with Gasteiger partial charge in [-0.05, 0) is 30.6 Å². The van der Waals surface area contributed by atoms with Gasteiger partial charge in [0.25, 0.3) is 0 Å². The van der Waals surface area contributed by atoms with Crippen molar-refractivity contribution in [2.24, 2.45) is 0 Å². The number of nitrogens with one attached hydrogen (secondary N) is 1. The van der Waals surface area contributed by atoms with Crippen molar-refractivity contribution in [3.63, 3.8) is 0 Å². The summed E-state index contributed by atoms with van der Waals surface area (Å²) in [5.41, 5.74) is 2.32. The molecule has 1 nitrogen and oxygen atoms in total. The van der Waals surface area contributed by atoms with Crippen LogP contribution in [0.15, 0.2) is 48.7 Å². The molecule has 0 aromatic heterocycles. The van der Waals surface area contributed by atoms with E-state index in [9.17, 15) is 0 Å². The van der Waals surface area contributed by atoms with Crippen LogP contribution in [0.4, 0.5) is 0 Å². The molecule has 0 unspecified atom stereocenters. The van der Waals surface area contributed by atoms with Crippen molar-refractivity contribution in [2.45, 2.75) is 33.1 Å². The van der Waals surface area contributed by atoms with Crippen molar-refractivity contribution in [1.82, 2.24) is 5.32 Å². The molecule has 0 radical (unpaired) electrons. The Bertz CT molecular complexity index is 246. The average Bonchev–Trinajstić information content (AvgIpc) is 2.28. The van der Waals surface area contributed by atoms with Gasteiger partial charge in [-0.15, -0.1) is 0 Å². The minimum atomic E-state index is 1.01. The van der Waals surface area contributed by atoms with E-state index in [1.54, 1.807) is 0 Å². The second kappa shape index (κ2) is 9.32. The normalized spacial score (nSPS) is 12.4. The Kier molecular flexibility index (Phi) is 8.55. The van der Waals surface area contributed by atoms with Gasteiger partial charge in [-0.1, -0.05) is 45.6 Å². The van der Waals surface area contributed by atoms with E-state index >= 15 is 0 Å². The van der Waals surface area contributed by atoms with Gasteiger partial charge in [0.1, 0.15) is 0 Å². The highest BCUT2D eigenvalue weighted by atomic mass is 14.9. The lowest BCUT2D eigenvalue weighted by Gasteiger charge is -2.05. The van der Waals surface area contributed by atoms with E-state index in [0.717, 1.165) is 18.7 Å². The molecule has 0 saturated heterocycles. The van der Waals surface area contributed by atoms with Crippen molar-refractivity contribution in [1.29, 1.82) is 0 Å². The molecule has 0 saturated carbocycles. The fourth-order valence-corrected chi connectivity index (χ4v) is 1.14. The van der Waals surface area contributed by atoms with Crippen LogP contribution in [0, 0.1) is 0 Å². The molecule has 1 N–H and O–H groups in total.